The zero-order valence-electron chi connectivity index (χ0n) is 16.3. The van der Waals surface area contributed by atoms with Crippen LogP contribution in [0.3, 0.4) is 0 Å². The Bertz CT molecular complexity index is 1010. The molecule has 1 aliphatic rings. The second kappa shape index (κ2) is 9.46. The third kappa shape index (κ3) is 5.10. The normalized spacial score (nSPS) is 16.8. The van der Waals surface area contributed by atoms with Crippen LogP contribution in [-0.2, 0) is 19.6 Å². The first-order valence-corrected chi connectivity index (χ1v) is 11.1. The summed E-state index contributed by atoms with van der Waals surface area (Å²) in [5.74, 6) is -1.11. The van der Waals surface area contributed by atoms with Crippen LogP contribution in [0.25, 0.3) is 0 Å². The van der Waals surface area contributed by atoms with E-state index in [4.69, 9.17) is 16.3 Å². The van der Waals surface area contributed by atoms with Crippen molar-refractivity contribution in [3.8, 4) is 5.75 Å². The number of sulfonamides is 1. The summed E-state index contributed by atoms with van der Waals surface area (Å²) in [5.41, 5.74) is 0.434. The van der Waals surface area contributed by atoms with Gasteiger partial charge in [-0.05, 0) is 61.4 Å². The van der Waals surface area contributed by atoms with Crippen LogP contribution in [0.4, 0.5) is 5.69 Å². The summed E-state index contributed by atoms with van der Waals surface area (Å²) in [7, 11) is -2.21. The van der Waals surface area contributed by atoms with Gasteiger partial charge in [-0.3, -0.25) is 9.59 Å². The summed E-state index contributed by atoms with van der Waals surface area (Å²) in [6, 6.07) is 12.1. The van der Waals surface area contributed by atoms with Gasteiger partial charge in [-0.25, -0.2) is 8.42 Å². The molecule has 1 saturated heterocycles. The highest BCUT2D eigenvalue weighted by Crippen LogP contribution is 2.27. The maximum atomic E-state index is 13.0. The third-order valence-corrected chi connectivity index (χ3v) is 7.01. The summed E-state index contributed by atoms with van der Waals surface area (Å²) in [4.78, 5) is 24.4. The van der Waals surface area contributed by atoms with E-state index in [0.29, 0.717) is 35.8 Å². The Morgan fingerprint density at radius 2 is 1.77 bits per heavy atom. The number of methoxy groups -OCH3 is 1. The molecule has 0 spiro atoms. The molecule has 0 aromatic heterocycles. The van der Waals surface area contributed by atoms with Gasteiger partial charge in [0, 0.05) is 29.8 Å². The molecule has 160 valence electrons. The lowest BCUT2D eigenvalue weighted by atomic mass is 10.2. The number of amides is 2. The zero-order chi connectivity index (χ0) is 21.7. The smallest absolute Gasteiger partial charge is 0.313 e. The Balaban J connectivity index is 1.60. The van der Waals surface area contributed by atoms with E-state index in [1.54, 1.807) is 36.4 Å². The van der Waals surface area contributed by atoms with Gasteiger partial charge < -0.3 is 15.4 Å². The molecule has 0 radical (unpaired) electrons. The number of nitrogens with zero attached hydrogens (tertiary/aromatic N) is 1. The molecule has 0 unspecified atom stereocenters. The molecule has 1 heterocycles. The number of ether oxygens (including phenoxy) is 1. The van der Waals surface area contributed by atoms with Crippen LogP contribution in [0, 0.1) is 0 Å². The highest BCUT2D eigenvalue weighted by Gasteiger charge is 2.35. The lowest BCUT2D eigenvalue weighted by Crippen LogP contribution is -2.45. The molecule has 8 nitrogen and oxygen atoms in total. The molecule has 30 heavy (non-hydrogen) atoms. The Hall–Kier alpha value is -2.62. The first-order valence-electron chi connectivity index (χ1n) is 9.32. The minimum absolute atomic E-state index is 0.0439. The van der Waals surface area contributed by atoms with E-state index in [0.717, 1.165) is 0 Å². The number of rotatable bonds is 6. The van der Waals surface area contributed by atoms with Crippen molar-refractivity contribution in [1.82, 2.24) is 9.62 Å². The highest BCUT2D eigenvalue weighted by atomic mass is 35.5. The standard InChI is InChI=1S/C20H22ClN3O5S/c1-29-17-8-10-18(11-9-17)30(27,28)24-12-2-3-16(24)13-22-19(25)20(26)23-15-6-4-14(21)5-7-15/h4-11,16H,2-3,12-13H2,1H3,(H,22,25)(H,23,26)/t16-/m0/s1. The van der Waals surface area contributed by atoms with Crippen LogP contribution in [0.1, 0.15) is 12.8 Å². The minimum Gasteiger partial charge on any atom is -0.497 e. The topological polar surface area (TPSA) is 105 Å². The van der Waals surface area contributed by atoms with E-state index in [-0.39, 0.29) is 11.4 Å². The van der Waals surface area contributed by atoms with Gasteiger partial charge in [0.25, 0.3) is 0 Å². The Kier molecular flexibility index (Phi) is 6.96. The van der Waals surface area contributed by atoms with Gasteiger partial charge in [-0.1, -0.05) is 11.6 Å². The number of halogens is 1. The summed E-state index contributed by atoms with van der Waals surface area (Å²) in [5, 5.41) is 5.50. The highest BCUT2D eigenvalue weighted by molar-refractivity contribution is 7.89. The van der Waals surface area contributed by atoms with Crippen molar-refractivity contribution in [2.75, 3.05) is 25.5 Å². The Morgan fingerprint density at radius 1 is 1.10 bits per heavy atom. The lowest BCUT2D eigenvalue weighted by Gasteiger charge is -2.24. The number of hydrogen-bond donors (Lipinski definition) is 2. The predicted molar refractivity (Wildman–Crippen MR) is 113 cm³/mol. The number of benzene rings is 2. The van der Waals surface area contributed by atoms with Crippen molar-refractivity contribution in [2.45, 2.75) is 23.8 Å². The van der Waals surface area contributed by atoms with Crippen molar-refractivity contribution in [1.29, 1.82) is 0 Å². The molecule has 2 N–H and O–H groups in total. The molecule has 0 aliphatic carbocycles. The quantitative estimate of drug-likeness (QED) is 0.655. The fourth-order valence-corrected chi connectivity index (χ4v) is 5.04. The van der Waals surface area contributed by atoms with Gasteiger partial charge in [-0.15, -0.1) is 0 Å². The summed E-state index contributed by atoms with van der Waals surface area (Å²) in [6.07, 6.45) is 1.27. The molecule has 2 aromatic carbocycles. The molecule has 1 atom stereocenters. The van der Waals surface area contributed by atoms with Crippen LogP contribution >= 0.6 is 11.6 Å². The molecule has 1 aliphatic heterocycles. The summed E-state index contributed by atoms with van der Waals surface area (Å²) in [6.45, 7) is 0.397. The van der Waals surface area contributed by atoms with Crippen molar-refractivity contribution in [3.63, 3.8) is 0 Å². The largest absolute Gasteiger partial charge is 0.497 e. The zero-order valence-corrected chi connectivity index (χ0v) is 17.9. The van der Waals surface area contributed by atoms with E-state index in [1.165, 1.54) is 23.5 Å². The van der Waals surface area contributed by atoms with Crippen LogP contribution in [0.15, 0.2) is 53.4 Å². The molecule has 0 saturated carbocycles. The lowest BCUT2D eigenvalue weighted by molar-refractivity contribution is -0.136. The van der Waals surface area contributed by atoms with Gasteiger partial charge in [0.05, 0.1) is 12.0 Å². The van der Waals surface area contributed by atoms with Crippen LogP contribution in [0.5, 0.6) is 5.75 Å². The van der Waals surface area contributed by atoms with Gasteiger partial charge in [0.1, 0.15) is 5.75 Å². The van der Waals surface area contributed by atoms with E-state index in [9.17, 15) is 18.0 Å². The average molecular weight is 452 g/mol. The average Bonchev–Trinajstić information content (AvgIpc) is 3.23. The van der Waals surface area contributed by atoms with Crippen molar-refractivity contribution < 1.29 is 22.7 Å². The molecule has 0 bridgehead atoms. The molecular formula is C20H22ClN3O5S. The summed E-state index contributed by atoms with van der Waals surface area (Å²) < 4.78 is 32.4. The number of anilines is 1. The van der Waals surface area contributed by atoms with E-state index >= 15 is 0 Å². The third-order valence-electron chi connectivity index (χ3n) is 4.80. The monoisotopic (exact) mass is 451 g/mol. The van der Waals surface area contributed by atoms with E-state index in [1.807, 2.05) is 0 Å². The molecule has 1 fully saturated rings. The van der Waals surface area contributed by atoms with Gasteiger partial charge in [-0.2, -0.15) is 4.31 Å². The van der Waals surface area contributed by atoms with Crippen LogP contribution in [0.2, 0.25) is 5.02 Å². The van der Waals surface area contributed by atoms with Gasteiger partial charge in [0.15, 0.2) is 0 Å². The molecule has 3 rings (SSSR count). The number of carbonyl (C=O) groups excluding carboxylic acids is 2. The second-order valence-corrected chi connectivity index (χ2v) is 9.09. The molecule has 2 amide bonds. The van der Waals surface area contributed by atoms with Crippen molar-refractivity contribution >= 4 is 39.1 Å². The van der Waals surface area contributed by atoms with Crippen molar-refractivity contribution in [3.05, 3.63) is 53.6 Å². The van der Waals surface area contributed by atoms with Crippen LogP contribution in [-0.4, -0.2) is 50.8 Å². The van der Waals surface area contributed by atoms with Gasteiger partial charge in [0.2, 0.25) is 10.0 Å². The minimum atomic E-state index is -3.72. The van der Waals surface area contributed by atoms with Crippen LogP contribution < -0.4 is 15.4 Å². The Morgan fingerprint density at radius 3 is 2.40 bits per heavy atom. The number of nitrogens with one attached hydrogen (secondary N) is 2. The fraction of sp³-hybridized carbons (Fsp3) is 0.300. The van der Waals surface area contributed by atoms with Gasteiger partial charge >= 0.3 is 11.8 Å². The Labute approximate surface area is 180 Å². The number of hydrogen-bond acceptors (Lipinski definition) is 5. The van der Waals surface area contributed by atoms with E-state index in [2.05, 4.69) is 10.6 Å². The number of carbonyl (C=O) groups is 2. The SMILES string of the molecule is COc1ccc(S(=O)(=O)N2CCC[C@H]2CNC(=O)C(=O)Nc2ccc(Cl)cc2)cc1. The molecular weight excluding hydrogens is 430 g/mol. The van der Waals surface area contributed by atoms with E-state index < -0.39 is 27.9 Å². The first kappa shape index (κ1) is 22.1. The maximum Gasteiger partial charge on any atom is 0.313 e. The second-order valence-electron chi connectivity index (χ2n) is 6.76. The molecule has 10 heteroatoms. The molecule has 2 aromatic rings. The van der Waals surface area contributed by atoms with Crippen molar-refractivity contribution in [2.24, 2.45) is 0 Å². The summed E-state index contributed by atoms with van der Waals surface area (Å²) >= 11 is 5.79. The maximum absolute atomic E-state index is 13.0. The first-order chi connectivity index (χ1) is 14.3. The predicted octanol–water partition coefficient (Wildman–Crippen LogP) is 2.26. The fourth-order valence-electron chi connectivity index (χ4n) is 3.22.